The fourth-order valence-corrected chi connectivity index (χ4v) is 2.48. The van der Waals surface area contributed by atoms with Gasteiger partial charge >= 0.3 is 11.9 Å². The molecule has 0 aromatic carbocycles. The molecule has 0 N–H and O–H groups in total. The molecule has 0 heterocycles. The van der Waals surface area contributed by atoms with Crippen LogP contribution in [-0.4, -0.2) is 30.9 Å². The molecule has 1 aliphatic carbocycles. The fourth-order valence-electron chi connectivity index (χ4n) is 2.48. The Morgan fingerprint density at radius 3 is 2.50 bits per heavy atom. The average Bonchev–Trinajstić information content (AvgIpc) is 2.90. The molecule has 1 rings (SSSR count). The van der Waals surface area contributed by atoms with Gasteiger partial charge in [-0.05, 0) is 38.5 Å². The quantitative estimate of drug-likeness (QED) is 0.530. The molecule has 1 saturated carbocycles. The first-order valence-electron chi connectivity index (χ1n) is 7.27. The van der Waals surface area contributed by atoms with E-state index in [0.717, 1.165) is 25.7 Å². The van der Waals surface area contributed by atoms with Crippen LogP contribution in [0.4, 0.5) is 0 Å². The number of methoxy groups -OCH3 is 1. The van der Waals surface area contributed by atoms with E-state index in [1.165, 1.54) is 14.0 Å². The van der Waals surface area contributed by atoms with Gasteiger partial charge in [-0.2, -0.15) is 0 Å². The molecule has 5 nitrogen and oxygen atoms in total. The molecule has 3 unspecified atom stereocenters. The van der Waals surface area contributed by atoms with E-state index in [0.29, 0.717) is 18.8 Å². The van der Waals surface area contributed by atoms with E-state index in [4.69, 9.17) is 4.74 Å². The first-order valence-corrected chi connectivity index (χ1v) is 7.27. The number of ether oxygens (including phenoxy) is 2. The van der Waals surface area contributed by atoms with Gasteiger partial charge in [0.1, 0.15) is 11.9 Å². The third-order valence-electron chi connectivity index (χ3n) is 3.91. The fraction of sp³-hybridized carbons (Fsp3) is 0.800. The van der Waals surface area contributed by atoms with Gasteiger partial charge in [-0.15, -0.1) is 0 Å². The lowest BCUT2D eigenvalue weighted by molar-refractivity contribution is -0.162. The summed E-state index contributed by atoms with van der Waals surface area (Å²) in [6.07, 6.45) is 4.51. The summed E-state index contributed by atoms with van der Waals surface area (Å²) >= 11 is 0. The highest BCUT2D eigenvalue weighted by atomic mass is 16.6. The van der Waals surface area contributed by atoms with Crippen LogP contribution in [0.25, 0.3) is 0 Å². The number of rotatable bonds is 7. The summed E-state index contributed by atoms with van der Waals surface area (Å²) in [6, 6.07) is 0. The minimum atomic E-state index is -0.874. The average molecular weight is 284 g/mol. The number of carbonyl (C=O) groups is 3. The van der Waals surface area contributed by atoms with Gasteiger partial charge in [0.15, 0.2) is 5.92 Å². The Balaban J connectivity index is 2.32. The van der Waals surface area contributed by atoms with E-state index in [9.17, 15) is 14.4 Å². The molecule has 1 fully saturated rings. The molecule has 1 aliphatic rings. The zero-order valence-corrected chi connectivity index (χ0v) is 12.5. The van der Waals surface area contributed by atoms with Gasteiger partial charge < -0.3 is 9.47 Å². The van der Waals surface area contributed by atoms with Crippen LogP contribution in [0.1, 0.15) is 52.4 Å². The number of hydrogen-bond donors (Lipinski definition) is 0. The highest BCUT2D eigenvalue weighted by Gasteiger charge is 2.31. The standard InChI is InChI=1S/C15H24O5/c1-4-12(16)7-5-11-6-8-13(9-11)20-15(18)10(2)14(17)19-3/h10-11,13H,4-9H2,1-3H3. The smallest absolute Gasteiger partial charge is 0.320 e. The van der Waals surface area contributed by atoms with Crippen molar-refractivity contribution in [2.75, 3.05) is 7.11 Å². The first-order chi connectivity index (χ1) is 9.47. The van der Waals surface area contributed by atoms with Crippen LogP contribution in [0.2, 0.25) is 0 Å². The van der Waals surface area contributed by atoms with E-state index >= 15 is 0 Å². The third kappa shape index (κ3) is 4.94. The van der Waals surface area contributed by atoms with Crippen molar-refractivity contribution in [3.63, 3.8) is 0 Å². The Morgan fingerprint density at radius 1 is 1.20 bits per heavy atom. The molecule has 0 spiro atoms. The molecular weight excluding hydrogens is 260 g/mol. The third-order valence-corrected chi connectivity index (χ3v) is 3.91. The van der Waals surface area contributed by atoms with E-state index in [1.807, 2.05) is 6.92 Å². The second kappa shape index (κ2) is 8.02. The van der Waals surface area contributed by atoms with Crippen molar-refractivity contribution in [1.82, 2.24) is 0 Å². The second-order valence-electron chi connectivity index (χ2n) is 5.41. The molecule has 0 aliphatic heterocycles. The zero-order valence-electron chi connectivity index (χ0n) is 12.5. The van der Waals surface area contributed by atoms with Gasteiger partial charge in [-0.25, -0.2) is 0 Å². The molecule has 3 atom stereocenters. The number of Topliss-reactive ketones (excluding diaryl/α,β-unsaturated/α-hetero) is 1. The Kier molecular flexibility index (Phi) is 6.68. The predicted octanol–water partition coefficient (Wildman–Crippen LogP) is 2.27. The number of ketones is 1. The lowest BCUT2D eigenvalue weighted by Crippen LogP contribution is -2.27. The minimum absolute atomic E-state index is 0.128. The summed E-state index contributed by atoms with van der Waals surface area (Å²) in [6.45, 7) is 3.36. The van der Waals surface area contributed by atoms with Gasteiger partial charge in [0.05, 0.1) is 7.11 Å². The summed E-state index contributed by atoms with van der Waals surface area (Å²) in [5.41, 5.74) is 0. The molecule has 0 aromatic rings. The lowest BCUT2D eigenvalue weighted by Gasteiger charge is -2.15. The van der Waals surface area contributed by atoms with Gasteiger partial charge in [0, 0.05) is 12.8 Å². The maximum atomic E-state index is 11.7. The molecule has 5 heteroatoms. The predicted molar refractivity (Wildman–Crippen MR) is 72.9 cm³/mol. The lowest BCUT2D eigenvalue weighted by atomic mass is 9.99. The van der Waals surface area contributed by atoms with E-state index in [2.05, 4.69) is 4.74 Å². The zero-order chi connectivity index (χ0) is 15.1. The molecule has 0 radical (unpaired) electrons. The van der Waals surface area contributed by atoms with Crippen molar-refractivity contribution in [2.24, 2.45) is 11.8 Å². The molecule has 20 heavy (non-hydrogen) atoms. The van der Waals surface area contributed by atoms with Crippen molar-refractivity contribution < 1.29 is 23.9 Å². The van der Waals surface area contributed by atoms with Crippen molar-refractivity contribution >= 4 is 17.7 Å². The Hall–Kier alpha value is -1.39. The topological polar surface area (TPSA) is 69.7 Å². The van der Waals surface area contributed by atoms with E-state index in [-0.39, 0.29) is 11.9 Å². The van der Waals surface area contributed by atoms with Crippen LogP contribution in [0.3, 0.4) is 0 Å². The van der Waals surface area contributed by atoms with Crippen LogP contribution in [0.15, 0.2) is 0 Å². The minimum Gasteiger partial charge on any atom is -0.468 e. The van der Waals surface area contributed by atoms with E-state index in [1.54, 1.807) is 0 Å². The van der Waals surface area contributed by atoms with E-state index < -0.39 is 17.9 Å². The van der Waals surface area contributed by atoms with Crippen LogP contribution in [0, 0.1) is 11.8 Å². The highest BCUT2D eigenvalue weighted by Crippen LogP contribution is 2.31. The summed E-state index contributed by atoms with van der Waals surface area (Å²) in [4.78, 5) is 34.3. The Labute approximate surface area is 120 Å². The maximum absolute atomic E-state index is 11.7. The number of hydrogen-bond acceptors (Lipinski definition) is 5. The van der Waals surface area contributed by atoms with Gasteiger partial charge in [0.2, 0.25) is 0 Å². The molecule has 0 aromatic heterocycles. The van der Waals surface area contributed by atoms with Crippen LogP contribution < -0.4 is 0 Å². The Bertz CT molecular complexity index is 363. The van der Waals surface area contributed by atoms with Gasteiger partial charge in [-0.1, -0.05) is 6.92 Å². The molecule has 0 bridgehead atoms. The van der Waals surface area contributed by atoms with Crippen molar-refractivity contribution in [1.29, 1.82) is 0 Å². The largest absolute Gasteiger partial charge is 0.468 e. The summed E-state index contributed by atoms with van der Waals surface area (Å²) in [5.74, 6) is -1.24. The van der Waals surface area contributed by atoms with Crippen LogP contribution >= 0.6 is 0 Å². The number of esters is 2. The normalized spacial score (nSPS) is 23.1. The van der Waals surface area contributed by atoms with Crippen LogP contribution in [0.5, 0.6) is 0 Å². The van der Waals surface area contributed by atoms with Crippen molar-refractivity contribution in [3.8, 4) is 0 Å². The highest BCUT2D eigenvalue weighted by molar-refractivity contribution is 5.94. The SMILES string of the molecule is CCC(=O)CCC1CCC(OC(=O)C(C)C(=O)OC)C1. The molecular formula is C15H24O5. The Morgan fingerprint density at radius 2 is 1.90 bits per heavy atom. The summed E-state index contributed by atoms with van der Waals surface area (Å²) in [7, 11) is 1.25. The van der Waals surface area contributed by atoms with Crippen molar-refractivity contribution in [2.45, 2.75) is 58.5 Å². The summed E-state index contributed by atoms with van der Waals surface area (Å²) < 4.78 is 9.85. The maximum Gasteiger partial charge on any atom is 0.320 e. The van der Waals surface area contributed by atoms with Gasteiger partial charge in [0.25, 0.3) is 0 Å². The number of carbonyl (C=O) groups excluding carboxylic acids is 3. The molecule has 0 saturated heterocycles. The van der Waals surface area contributed by atoms with Gasteiger partial charge in [-0.3, -0.25) is 14.4 Å². The van der Waals surface area contributed by atoms with Crippen molar-refractivity contribution in [3.05, 3.63) is 0 Å². The first kappa shape index (κ1) is 16.7. The molecule has 0 amide bonds. The second-order valence-corrected chi connectivity index (χ2v) is 5.41. The monoisotopic (exact) mass is 284 g/mol. The molecule has 114 valence electrons. The summed E-state index contributed by atoms with van der Waals surface area (Å²) in [5, 5.41) is 0. The van der Waals surface area contributed by atoms with Crippen LogP contribution in [-0.2, 0) is 23.9 Å².